The van der Waals surface area contributed by atoms with Gasteiger partial charge in [0.05, 0.1) is 5.56 Å². The van der Waals surface area contributed by atoms with Gasteiger partial charge in [0.25, 0.3) is 0 Å². The molecule has 0 radical (unpaired) electrons. The molecule has 0 fully saturated rings. The molecule has 1 aromatic heterocycles. The minimum absolute atomic E-state index is 0.298. The lowest BCUT2D eigenvalue weighted by Gasteiger charge is -2.11. The number of aromatic nitrogens is 1. The van der Waals surface area contributed by atoms with Crippen LogP contribution in [0.1, 0.15) is 41.4 Å². The summed E-state index contributed by atoms with van der Waals surface area (Å²) in [6.07, 6.45) is 1.88. The van der Waals surface area contributed by atoms with Crippen molar-refractivity contribution in [1.82, 2.24) is 4.98 Å². The lowest BCUT2D eigenvalue weighted by Crippen LogP contribution is -1.98. The molecule has 1 aromatic carbocycles. The van der Waals surface area contributed by atoms with Gasteiger partial charge in [-0.25, -0.2) is 4.79 Å². The minimum Gasteiger partial charge on any atom is -0.478 e. The second kappa shape index (κ2) is 5.22. The fraction of sp³-hybridized carbons (Fsp3) is 0.250. The van der Waals surface area contributed by atoms with E-state index in [0.29, 0.717) is 11.5 Å². The average Bonchev–Trinajstić information content (AvgIpc) is 2.39. The molecule has 0 spiro atoms. The van der Waals surface area contributed by atoms with E-state index >= 15 is 0 Å². The smallest absolute Gasteiger partial charge is 0.335 e. The van der Waals surface area contributed by atoms with Gasteiger partial charge in [-0.05, 0) is 42.2 Å². The van der Waals surface area contributed by atoms with Crippen molar-refractivity contribution in [3.8, 4) is 11.1 Å². The molecule has 0 aliphatic rings. The Morgan fingerprint density at radius 3 is 2.63 bits per heavy atom. The summed E-state index contributed by atoms with van der Waals surface area (Å²) in [6, 6.07) is 9.06. The van der Waals surface area contributed by atoms with Gasteiger partial charge in [0, 0.05) is 17.5 Å². The van der Waals surface area contributed by atoms with Crippen LogP contribution in [0.5, 0.6) is 0 Å². The summed E-state index contributed by atoms with van der Waals surface area (Å²) in [4.78, 5) is 15.4. The van der Waals surface area contributed by atoms with Crippen LogP contribution in [0.2, 0.25) is 0 Å². The molecular formula is C16H17NO2. The van der Waals surface area contributed by atoms with Crippen LogP contribution in [0, 0.1) is 6.92 Å². The Kier molecular flexibility index (Phi) is 3.65. The number of hydrogen-bond donors (Lipinski definition) is 1. The molecule has 3 heteroatoms. The summed E-state index contributed by atoms with van der Waals surface area (Å²) in [5.74, 6) is -0.512. The molecular weight excluding hydrogens is 238 g/mol. The molecule has 98 valence electrons. The predicted molar refractivity (Wildman–Crippen MR) is 75.5 cm³/mol. The van der Waals surface area contributed by atoms with Crippen LogP contribution >= 0.6 is 0 Å². The first-order valence-corrected chi connectivity index (χ1v) is 6.29. The molecule has 0 saturated carbocycles. The maximum atomic E-state index is 11.0. The summed E-state index contributed by atoms with van der Waals surface area (Å²) in [6.45, 7) is 6.17. The average molecular weight is 255 g/mol. The van der Waals surface area contributed by atoms with E-state index < -0.39 is 5.97 Å². The van der Waals surface area contributed by atoms with Gasteiger partial charge in [0.1, 0.15) is 0 Å². The number of aryl methyl sites for hydroxylation is 1. The van der Waals surface area contributed by atoms with E-state index in [1.54, 1.807) is 18.2 Å². The number of benzene rings is 1. The Labute approximate surface area is 112 Å². The second-order valence-corrected chi connectivity index (χ2v) is 4.94. The predicted octanol–water partition coefficient (Wildman–Crippen LogP) is 3.88. The third-order valence-corrected chi connectivity index (χ3v) is 3.20. The zero-order valence-electron chi connectivity index (χ0n) is 11.3. The van der Waals surface area contributed by atoms with Crippen molar-refractivity contribution in [2.45, 2.75) is 26.7 Å². The van der Waals surface area contributed by atoms with Crippen LogP contribution in [0.15, 0.2) is 36.5 Å². The molecule has 0 amide bonds. The van der Waals surface area contributed by atoms with Crippen LogP contribution < -0.4 is 0 Å². The molecule has 19 heavy (non-hydrogen) atoms. The summed E-state index contributed by atoms with van der Waals surface area (Å²) < 4.78 is 0. The van der Waals surface area contributed by atoms with Gasteiger partial charge in [-0.15, -0.1) is 0 Å². The zero-order valence-corrected chi connectivity index (χ0v) is 11.3. The van der Waals surface area contributed by atoms with Gasteiger partial charge in [-0.1, -0.05) is 26.0 Å². The number of nitrogens with zero attached hydrogens (tertiary/aromatic N) is 1. The van der Waals surface area contributed by atoms with Gasteiger partial charge in [-0.3, -0.25) is 4.98 Å². The van der Waals surface area contributed by atoms with Crippen molar-refractivity contribution in [2.24, 2.45) is 0 Å². The first-order valence-electron chi connectivity index (χ1n) is 6.29. The first-order chi connectivity index (χ1) is 8.99. The van der Waals surface area contributed by atoms with Crippen molar-refractivity contribution < 1.29 is 9.90 Å². The molecule has 3 nitrogen and oxygen atoms in total. The van der Waals surface area contributed by atoms with E-state index in [1.165, 1.54) is 0 Å². The first kappa shape index (κ1) is 13.3. The van der Waals surface area contributed by atoms with E-state index in [1.807, 2.05) is 19.2 Å². The van der Waals surface area contributed by atoms with Crippen LogP contribution in [-0.2, 0) is 0 Å². The number of carbonyl (C=O) groups is 1. The van der Waals surface area contributed by atoms with Gasteiger partial charge in [0.15, 0.2) is 0 Å². The molecule has 0 atom stereocenters. The van der Waals surface area contributed by atoms with E-state index in [9.17, 15) is 4.79 Å². The molecule has 0 saturated heterocycles. The molecule has 1 N–H and O–H groups in total. The highest BCUT2D eigenvalue weighted by atomic mass is 16.4. The maximum Gasteiger partial charge on any atom is 0.335 e. The number of aromatic carboxylic acids is 1. The topological polar surface area (TPSA) is 50.2 Å². The lowest BCUT2D eigenvalue weighted by atomic mass is 9.97. The van der Waals surface area contributed by atoms with Crippen molar-refractivity contribution in [3.05, 3.63) is 53.3 Å². The fourth-order valence-corrected chi connectivity index (χ4v) is 1.98. The Bertz CT molecular complexity index is 618. The normalized spacial score (nSPS) is 10.7. The lowest BCUT2D eigenvalue weighted by molar-refractivity contribution is 0.0697. The third-order valence-electron chi connectivity index (χ3n) is 3.20. The molecule has 0 bridgehead atoms. The van der Waals surface area contributed by atoms with Gasteiger partial charge < -0.3 is 5.11 Å². The van der Waals surface area contributed by atoms with Crippen LogP contribution in [0.25, 0.3) is 11.1 Å². The van der Waals surface area contributed by atoms with Crippen LogP contribution in [0.3, 0.4) is 0 Å². The monoisotopic (exact) mass is 255 g/mol. The zero-order chi connectivity index (χ0) is 14.0. The summed E-state index contributed by atoms with van der Waals surface area (Å²) >= 11 is 0. The highest BCUT2D eigenvalue weighted by Gasteiger charge is 2.09. The fourth-order valence-electron chi connectivity index (χ4n) is 1.98. The number of rotatable bonds is 3. The standard InChI is InChI=1S/C16H17NO2/c1-10(2)14-8-15(11(3)17-9-14)12-5-4-6-13(7-12)16(18)19/h4-10H,1-3H3,(H,18,19). The molecule has 0 aliphatic carbocycles. The SMILES string of the molecule is Cc1ncc(C(C)C)cc1-c1cccc(C(=O)O)c1. The Hall–Kier alpha value is -2.16. The second-order valence-electron chi connectivity index (χ2n) is 4.94. The maximum absolute atomic E-state index is 11.0. The summed E-state index contributed by atoms with van der Waals surface area (Å²) in [7, 11) is 0. The Balaban J connectivity index is 2.54. The van der Waals surface area contributed by atoms with Crippen molar-refractivity contribution in [3.63, 3.8) is 0 Å². The van der Waals surface area contributed by atoms with E-state index in [2.05, 4.69) is 24.9 Å². The summed E-state index contributed by atoms with van der Waals surface area (Å²) in [5, 5.41) is 9.05. The van der Waals surface area contributed by atoms with E-state index in [0.717, 1.165) is 22.4 Å². The van der Waals surface area contributed by atoms with Gasteiger partial charge in [0.2, 0.25) is 0 Å². The van der Waals surface area contributed by atoms with Gasteiger partial charge >= 0.3 is 5.97 Å². The molecule has 1 heterocycles. The number of carboxylic acids is 1. The number of hydrogen-bond acceptors (Lipinski definition) is 2. The quantitative estimate of drug-likeness (QED) is 0.905. The molecule has 0 aliphatic heterocycles. The van der Waals surface area contributed by atoms with Crippen LogP contribution in [-0.4, -0.2) is 16.1 Å². The van der Waals surface area contributed by atoms with Crippen molar-refractivity contribution in [2.75, 3.05) is 0 Å². The van der Waals surface area contributed by atoms with Crippen LogP contribution in [0.4, 0.5) is 0 Å². The number of carboxylic acid groups (broad SMARTS) is 1. The molecule has 2 rings (SSSR count). The van der Waals surface area contributed by atoms with E-state index in [4.69, 9.17) is 5.11 Å². The van der Waals surface area contributed by atoms with Crippen molar-refractivity contribution in [1.29, 1.82) is 0 Å². The Morgan fingerprint density at radius 1 is 1.26 bits per heavy atom. The highest BCUT2D eigenvalue weighted by molar-refractivity contribution is 5.89. The Morgan fingerprint density at radius 2 is 2.00 bits per heavy atom. The number of pyridine rings is 1. The van der Waals surface area contributed by atoms with Crippen molar-refractivity contribution >= 4 is 5.97 Å². The summed E-state index contributed by atoms with van der Waals surface area (Å²) in [5.41, 5.74) is 4.25. The largest absolute Gasteiger partial charge is 0.478 e. The molecule has 2 aromatic rings. The molecule has 0 unspecified atom stereocenters. The van der Waals surface area contributed by atoms with Gasteiger partial charge in [-0.2, -0.15) is 0 Å². The highest BCUT2D eigenvalue weighted by Crippen LogP contribution is 2.26. The minimum atomic E-state index is -0.910. The van der Waals surface area contributed by atoms with E-state index in [-0.39, 0.29) is 0 Å². The third kappa shape index (κ3) is 2.81.